The van der Waals surface area contributed by atoms with Gasteiger partial charge in [-0.2, -0.15) is 0 Å². The van der Waals surface area contributed by atoms with Crippen molar-refractivity contribution in [3.05, 3.63) is 35.9 Å². The number of hydrogen-bond donors (Lipinski definition) is 1. The quantitative estimate of drug-likeness (QED) is 0.629. The maximum atomic E-state index is 12.6. The van der Waals surface area contributed by atoms with Gasteiger partial charge in [0.1, 0.15) is 0 Å². The maximum Gasteiger partial charge on any atom is 0.239 e. The Hall–Kier alpha value is -2.08. The van der Waals surface area contributed by atoms with Crippen molar-refractivity contribution in [2.75, 3.05) is 52.9 Å². The van der Waals surface area contributed by atoms with E-state index in [2.05, 4.69) is 51.3 Å². The largest absolute Gasteiger partial charge is 0.356 e. The van der Waals surface area contributed by atoms with Crippen molar-refractivity contribution in [2.24, 2.45) is 4.99 Å². The highest BCUT2D eigenvalue weighted by molar-refractivity contribution is 5.82. The number of rotatable bonds is 5. The molecule has 2 aliphatic rings. The number of carbonyl (C=O) groups is 1. The molecule has 6 nitrogen and oxygen atoms in total. The molecule has 2 fully saturated rings. The number of aliphatic imine (C=N–C) groups is 1. The molecule has 0 saturated carbocycles. The van der Waals surface area contributed by atoms with Gasteiger partial charge >= 0.3 is 0 Å². The molecule has 6 heteroatoms. The van der Waals surface area contributed by atoms with Crippen molar-refractivity contribution < 1.29 is 4.79 Å². The Kier molecular flexibility index (Phi) is 7.10. The van der Waals surface area contributed by atoms with E-state index in [9.17, 15) is 4.79 Å². The van der Waals surface area contributed by atoms with E-state index in [1.807, 2.05) is 18.0 Å². The summed E-state index contributed by atoms with van der Waals surface area (Å²) in [6.07, 6.45) is 3.29. The first kappa shape index (κ1) is 19.7. The summed E-state index contributed by atoms with van der Waals surface area (Å²) < 4.78 is 0. The molecule has 1 unspecified atom stereocenters. The van der Waals surface area contributed by atoms with Gasteiger partial charge in [-0.15, -0.1) is 0 Å². The summed E-state index contributed by atoms with van der Waals surface area (Å²) in [7, 11) is 1.84. The van der Waals surface area contributed by atoms with Gasteiger partial charge in [-0.3, -0.25) is 14.7 Å². The van der Waals surface area contributed by atoms with Crippen LogP contribution in [0.25, 0.3) is 0 Å². The number of benzene rings is 1. The van der Waals surface area contributed by atoms with Crippen molar-refractivity contribution in [3.63, 3.8) is 0 Å². The van der Waals surface area contributed by atoms with Crippen molar-refractivity contribution in [1.82, 2.24) is 20.0 Å². The van der Waals surface area contributed by atoms with Gasteiger partial charge in [0.25, 0.3) is 0 Å². The van der Waals surface area contributed by atoms with Crippen molar-refractivity contribution in [2.45, 2.75) is 32.2 Å². The standard InChI is InChI=1S/C21H33N5O/c1-18(20(27)25-12-6-7-13-25)24-14-16-26(17-15-24)21(22-2)23-11-10-19-8-4-3-5-9-19/h3-5,8-9,18H,6-7,10-17H2,1-2H3,(H,22,23). The summed E-state index contributed by atoms with van der Waals surface area (Å²) in [5.74, 6) is 1.26. The average Bonchev–Trinajstić information content (AvgIpc) is 3.26. The van der Waals surface area contributed by atoms with Crippen LogP contribution in [0.15, 0.2) is 35.3 Å². The third-order valence-corrected chi connectivity index (χ3v) is 5.69. The van der Waals surface area contributed by atoms with Gasteiger partial charge in [-0.1, -0.05) is 30.3 Å². The summed E-state index contributed by atoms with van der Waals surface area (Å²) in [5.41, 5.74) is 1.33. The van der Waals surface area contributed by atoms with E-state index < -0.39 is 0 Å². The molecule has 0 spiro atoms. The number of nitrogens with zero attached hydrogens (tertiary/aromatic N) is 4. The van der Waals surface area contributed by atoms with E-state index in [1.165, 1.54) is 5.56 Å². The van der Waals surface area contributed by atoms with Crippen LogP contribution in [0.1, 0.15) is 25.3 Å². The van der Waals surface area contributed by atoms with Crippen molar-refractivity contribution >= 4 is 11.9 Å². The molecule has 0 aliphatic carbocycles. The molecular formula is C21H33N5O. The van der Waals surface area contributed by atoms with E-state index >= 15 is 0 Å². The predicted molar refractivity (Wildman–Crippen MR) is 110 cm³/mol. The molecule has 2 aliphatic heterocycles. The number of nitrogens with one attached hydrogen (secondary N) is 1. The number of piperazine rings is 1. The van der Waals surface area contributed by atoms with Crippen LogP contribution >= 0.6 is 0 Å². The minimum Gasteiger partial charge on any atom is -0.356 e. The molecule has 3 rings (SSSR count). The lowest BCUT2D eigenvalue weighted by atomic mass is 10.1. The second-order valence-corrected chi connectivity index (χ2v) is 7.44. The van der Waals surface area contributed by atoms with Crippen LogP contribution in [0.3, 0.4) is 0 Å². The zero-order valence-corrected chi connectivity index (χ0v) is 16.7. The second-order valence-electron chi connectivity index (χ2n) is 7.44. The molecule has 1 atom stereocenters. The molecule has 148 valence electrons. The van der Waals surface area contributed by atoms with Crippen molar-refractivity contribution in [3.8, 4) is 0 Å². The molecule has 2 heterocycles. The molecular weight excluding hydrogens is 338 g/mol. The second kappa shape index (κ2) is 9.74. The maximum absolute atomic E-state index is 12.6. The average molecular weight is 372 g/mol. The van der Waals surface area contributed by atoms with Crippen molar-refractivity contribution in [1.29, 1.82) is 0 Å². The first-order valence-electron chi connectivity index (χ1n) is 10.2. The number of carbonyl (C=O) groups excluding carboxylic acids is 1. The minimum absolute atomic E-state index is 0.0155. The topological polar surface area (TPSA) is 51.2 Å². The van der Waals surface area contributed by atoms with Crippen LogP contribution < -0.4 is 5.32 Å². The predicted octanol–water partition coefficient (Wildman–Crippen LogP) is 1.43. The Morgan fingerprint density at radius 1 is 1.04 bits per heavy atom. The number of guanidine groups is 1. The van der Waals surface area contributed by atoms with Gasteiger partial charge in [0.2, 0.25) is 5.91 Å². The SMILES string of the molecule is CN=C(NCCc1ccccc1)N1CCN(C(C)C(=O)N2CCCC2)CC1. The smallest absolute Gasteiger partial charge is 0.239 e. The van der Waals surface area contributed by atoms with E-state index in [4.69, 9.17) is 0 Å². The van der Waals surface area contributed by atoms with Gasteiger partial charge < -0.3 is 15.1 Å². The van der Waals surface area contributed by atoms with E-state index in [0.29, 0.717) is 5.91 Å². The Morgan fingerprint density at radius 2 is 1.70 bits per heavy atom. The number of hydrogen-bond acceptors (Lipinski definition) is 3. The zero-order chi connectivity index (χ0) is 19.1. The molecule has 1 aromatic rings. The fraction of sp³-hybridized carbons (Fsp3) is 0.619. The van der Waals surface area contributed by atoms with Crippen LogP contribution in [0.5, 0.6) is 0 Å². The van der Waals surface area contributed by atoms with Crippen LogP contribution in [-0.2, 0) is 11.2 Å². The summed E-state index contributed by atoms with van der Waals surface area (Å²) >= 11 is 0. The van der Waals surface area contributed by atoms with E-state index in [1.54, 1.807) is 0 Å². The molecule has 1 amide bonds. The molecule has 0 bridgehead atoms. The first-order valence-corrected chi connectivity index (χ1v) is 10.2. The van der Waals surface area contributed by atoms with E-state index in [-0.39, 0.29) is 6.04 Å². The van der Waals surface area contributed by atoms with E-state index in [0.717, 1.165) is 71.0 Å². The Labute approximate surface area is 163 Å². The third-order valence-electron chi connectivity index (χ3n) is 5.69. The van der Waals surface area contributed by atoms with Gasteiger partial charge in [0.15, 0.2) is 5.96 Å². The Morgan fingerprint density at radius 3 is 2.33 bits per heavy atom. The highest BCUT2D eigenvalue weighted by Crippen LogP contribution is 2.14. The summed E-state index contributed by atoms with van der Waals surface area (Å²) in [4.78, 5) is 23.7. The van der Waals surface area contributed by atoms with Gasteiger partial charge in [0.05, 0.1) is 6.04 Å². The number of likely N-dealkylation sites (tertiary alicyclic amines) is 1. The highest BCUT2D eigenvalue weighted by Gasteiger charge is 2.30. The molecule has 0 aromatic heterocycles. The van der Waals surface area contributed by atoms with Gasteiger partial charge in [-0.05, 0) is 31.7 Å². The normalized spacial score (nSPS) is 20.0. The summed E-state index contributed by atoms with van der Waals surface area (Å²) in [5, 5.41) is 3.48. The molecule has 1 aromatic carbocycles. The van der Waals surface area contributed by atoms with Crippen LogP contribution in [0.2, 0.25) is 0 Å². The van der Waals surface area contributed by atoms with Crippen LogP contribution in [0.4, 0.5) is 0 Å². The molecule has 27 heavy (non-hydrogen) atoms. The lowest BCUT2D eigenvalue weighted by Crippen LogP contribution is -2.57. The molecule has 0 radical (unpaired) electrons. The Balaban J connectivity index is 1.43. The van der Waals surface area contributed by atoms with Gasteiger partial charge in [-0.25, -0.2) is 0 Å². The molecule has 2 saturated heterocycles. The zero-order valence-electron chi connectivity index (χ0n) is 16.7. The first-order chi connectivity index (χ1) is 13.2. The van der Waals surface area contributed by atoms with Crippen LogP contribution in [-0.4, -0.2) is 85.5 Å². The summed E-state index contributed by atoms with van der Waals surface area (Å²) in [6, 6.07) is 10.5. The highest BCUT2D eigenvalue weighted by atomic mass is 16.2. The third kappa shape index (κ3) is 5.22. The fourth-order valence-electron chi connectivity index (χ4n) is 3.97. The van der Waals surface area contributed by atoms with Gasteiger partial charge in [0, 0.05) is 52.9 Å². The Bertz CT molecular complexity index is 619. The number of amides is 1. The lowest BCUT2D eigenvalue weighted by Gasteiger charge is -2.39. The fourth-order valence-corrected chi connectivity index (χ4v) is 3.97. The minimum atomic E-state index is -0.0155. The lowest BCUT2D eigenvalue weighted by molar-refractivity contribution is -0.135. The monoisotopic (exact) mass is 371 g/mol. The molecule has 1 N–H and O–H groups in total. The van der Waals surface area contributed by atoms with Crippen LogP contribution in [0, 0.1) is 0 Å². The summed E-state index contributed by atoms with van der Waals surface area (Å²) in [6.45, 7) is 8.41.